The van der Waals surface area contributed by atoms with E-state index in [0.29, 0.717) is 17.4 Å². The van der Waals surface area contributed by atoms with Crippen molar-refractivity contribution in [2.75, 3.05) is 47.5 Å². The summed E-state index contributed by atoms with van der Waals surface area (Å²) in [5.41, 5.74) is 0. The Morgan fingerprint density at radius 1 is 0.320 bits per heavy atom. The Morgan fingerprint density at radius 3 is 0.850 bits per heavy atom. The van der Waals surface area contributed by atoms with E-state index in [2.05, 4.69) is 86.8 Å². The summed E-state index contributed by atoms with van der Waals surface area (Å²) in [6.45, 7) is 4.21. The van der Waals surface area contributed by atoms with E-state index in [9.17, 15) is 19.0 Å². The minimum absolute atomic E-state index is 0.0283. The molecule has 0 N–H and O–H groups in total. The molecule has 10 heteroatoms. The van der Waals surface area contributed by atoms with Crippen LogP contribution in [0.2, 0.25) is 0 Å². The van der Waals surface area contributed by atoms with E-state index in [-0.39, 0.29) is 32.0 Å². The highest BCUT2D eigenvalue weighted by Gasteiger charge is 2.22. The van der Waals surface area contributed by atoms with Gasteiger partial charge in [0.1, 0.15) is 19.8 Å². The van der Waals surface area contributed by atoms with E-state index in [0.717, 1.165) is 70.6 Å². The van der Waals surface area contributed by atoms with Crippen LogP contribution in [-0.4, -0.2) is 70.0 Å². The molecule has 0 heterocycles. The van der Waals surface area contributed by atoms with E-state index >= 15 is 0 Å². The Kier molecular flexibility index (Phi) is 78.5. The van der Waals surface area contributed by atoms with Gasteiger partial charge in [-0.1, -0.05) is 433 Å². The van der Waals surface area contributed by atoms with Gasteiger partial charge in [-0.2, -0.15) is 0 Å². The van der Waals surface area contributed by atoms with Crippen molar-refractivity contribution in [3.8, 4) is 0 Å². The van der Waals surface area contributed by atoms with Gasteiger partial charge in [0.2, 0.25) is 0 Å². The second-order valence-electron chi connectivity index (χ2n) is 30.9. The molecule has 0 aliphatic carbocycles. The molecule has 0 radical (unpaired) electrons. The van der Waals surface area contributed by atoms with Crippen molar-refractivity contribution in [2.24, 2.45) is 0 Å². The Balaban J connectivity index is 3.87. The van der Waals surface area contributed by atoms with Gasteiger partial charge < -0.3 is 27.9 Å². The van der Waals surface area contributed by atoms with E-state index in [1.54, 1.807) is 0 Å². The number of carbonyl (C=O) groups excluding carboxylic acids is 2. The van der Waals surface area contributed by atoms with E-state index in [4.69, 9.17) is 18.5 Å². The fourth-order valence-electron chi connectivity index (χ4n) is 13.1. The van der Waals surface area contributed by atoms with Gasteiger partial charge >= 0.3 is 11.9 Å². The number of esters is 2. The molecule has 2 atom stereocenters. The molecule has 0 aliphatic heterocycles. The monoisotopic (exact) mass is 1420 g/mol. The van der Waals surface area contributed by atoms with Crippen molar-refractivity contribution < 1.29 is 42.1 Å². The average molecular weight is 1420 g/mol. The summed E-state index contributed by atoms with van der Waals surface area (Å²) in [4.78, 5) is 38.2. The molecule has 0 saturated heterocycles. The van der Waals surface area contributed by atoms with Crippen molar-refractivity contribution in [1.29, 1.82) is 0 Å². The Labute approximate surface area is 622 Å². The molecule has 0 rings (SSSR count). The average Bonchev–Trinajstić information content (AvgIpc) is 1.30. The van der Waals surface area contributed by atoms with Crippen LogP contribution in [0.3, 0.4) is 0 Å². The lowest BCUT2D eigenvalue weighted by atomic mass is 10.0. The van der Waals surface area contributed by atoms with Crippen LogP contribution in [0.15, 0.2) is 72.9 Å². The molecule has 0 aliphatic rings. The normalized spacial score (nSPS) is 13.3. The van der Waals surface area contributed by atoms with Gasteiger partial charge in [0, 0.05) is 12.8 Å². The van der Waals surface area contributed by atoms with Gasteiger partial charge in [-0.15, -0.1) is 0 Å². The predicted octanol–water partition coefficient (Wildman–Crippen LogP) is 28.8. The van der Waals surface area contributed by atoms with Crippen LogP contribution < -0.4 is 4.89 Å². The third-order valence-corrected chi connectivity index (χ3v) is 20.7. The zero-order valence-electron chi connectivity index (χ0n) is 67.2. The number of carbonyl (C=O) groups is 2. The van der Waals surface area contributed by atoms with Crippen LogP contribution in [0.1, 0.15) is 438 Å². The van der Waals surface area contributed by atoms with E-state index in [1.807, 2.05) is 21.1 Å². The largest absolute Gasteiger partial charge is 0.756 e. The topological polar surface area (TPSA) is 111 Å². The van der Waals surface area contributed by atoms with Crippen LogP contribution in [0, 0.1) is 0 Å². The molecule has 100 heavy (non-hydrogen) atoms. The first-order valence-electron chi connectivity index (χ1n) is 43.6. The zero-order chi connectivity index (χ0) is 72.5. The van der Waals surface area contributed by atoms with Crippen molar-refractivity contribution in [3.63, 3.8) is 0 Å². The van der Waals surface area contributed by atoms with Crippen LogP contribution in [0.4, 0.5) is 0 Å². The van der Waals surface area contributed by atoms with E-state index < -0.39 is 26.5 Å². The van der Waals surface area contributed by atoms with E-state index in [1.165, 1.54) is 334 Å². The zero-order valence-corrected chi connectivity index (χ0v) is 68.1. The number of phosphoric ester groups is 1. The molecule has 0 amide bonds. The molecule has 0 aromatic carbocycles. The second-order valence-corrected chi connectivity index (χ2v) is 32.3. The number of allylic oxidation sites excluding steroid dienone is 12. The molecule has 2 unspecified atom stereocenters. The minimum Gasteiger partial charge on any atom is -0.756 e. The minimum atomic E-state index is -4.65. The molecule has 586 valence electrons. The number of rotatable bonds is 82. The molecule has 9 nitrogen and oxygen atoms in total. The summed E-state index contributed by atoms with van der Waals surface area (Å²) in [6, 6.07) is 0. The lowest BCUT2D eigenvalue weighted by molar-refractivity contribution is -0.870. The molecule has 0 aromatic rings. The van der Waals surface area contributed by atoms with Gasteiger partial charge in [0.05, 0.1) is 27.7 Å². The first-order chi connectivity index (χ1) is 49.0. The number of likely N-dealkylation sites (N-methyl/N-ethyl adjacent to an activating group) is 1. The number of phosphoric acid groups is 1. The Morgan fingerprint density at radius 2 is 0.570 bits per heavy atom. The standard InChI is InChI=1S/C90H168NO8P/c1-6-8-10-12-14-16-18-20-22-24-26-28-30-32-34-36-38-40-42-43-44-45-46-47-49-51-53-55-57-59-61-63-65-67-69-71-73-75-77-79-81-83-90(93)99-88(87-98-100(94,95)97-85-84-91(3,4)5)86-96-89(92)82-80-78-76-74-72-70-68-66-64-62-60-58-56-54-52-50-48-41-39-37-35-33-31-29-27-25-23-21-19-17-15-13-11-9-7-2/h8,10,14,16,20,22,26,28,32,34,38,40,88H,6-7,9,11-13,15,17-19,21,23-25,27,29-31,33,35-37,39,41-87H2,1-5H3/b10-8-,16-14-,22-20-,28-26-,34-32-,40-38-. The first kappa shape index (κ1) is 97.4. The Bertz CT molecular complexity index is 1920. The van der Waals surface area contributed by atoms with Crippen LogP contribution >= 0.6 is 7.82 Å². The van der Waals surface area contributed by atoms with Crippen LogP contribution in [0.25, 0.3) is 0 Å². The first-order valence-corrected chi connectivity index (χ1v) is 45.1. The van der Waals surface area contributed by atoms with Gasteiger partial charge in [0.15, 0.2) is 6.10 Å². The van der Waals surface area contributed by atoms with Gasteiger partial charge in [-0.05, 0) is 64.2 Å². The molecular formula is C90H168NO8P. The second kappa shape index (κ2) is 80.5. The molecular weight excluding hydrogens is 1250 g/mol. The van der Waals surface area contributed by atoms with Crippen molar-refractivity contribution in [3.05, 3.63) is 72.9 Å². The van der Waals surface area contributed by atoms with Gasteiger partial charge in [0.25, 0.3) is 7.82 Å². The van der Waals surface area contributed by atoms with Crippen LogP contribution in [0.5, 0.6) is 0 Å². The number of nitrogens with zero attached hydrogens (tertiary/aromatic N) is 1. The summed E-state index contributed by atoms with van der Waals surface area (Å²) in [6.07, 6.45) is 111. The van der Waals surface area contributed by atoms with Crippen LogP contribution in [-0.2, 0) is 32.7 Å². The third kappa shape index (κ3) is 84.4. The highest BCUT2D eigenvalue weighted by molar-refractivity contribution is 7.45. The molecule has 0 spiro atoms. The number of hydrogen-bond donors (Lipinski definition) is 0. The summed E-state index contributed by atoms with van der Waals surface area (Å²) in [5, 5.41) is 0. The summed E-state index contributed by atoms with van der Waals surface area (Å²) < 4.78 is 34.5. The third-order valence-electron chi connectivity index (χ3n) is 19.7. The smallest absolute Gasteiger partial charge is 0.306 e. The molecule has 0 bridgehead atoms. The Hall–Kier alpha value is -2.55. The lowest BCUT2D eigenvalue weighted by Gasteiger charge is -2.28. The molecule has 0 fully saturated rings. The summed E-state index contributed by atoms with van der Waals surface area (Å²) in [7, 11) is 1.19. The molecule has 0 saturated carbocycles. The maximum absolute atomic E-state index is 12.9. The van der Waals surface area contributed by atoms with Crippen molar-refractivity contribution in [1.82, 2.24) is 0 Å². The lowest BCUT2D eigenvalue weighted by Crippen LogP contribution is -2.37. The SMILES string of the molecule is CC/C=C\C/C=C\C/C=C\C/C=C\C/C=C\C/C=C\CCCCCCCCCCCCCCCCCCCCCCCCC(=O)OC(COC(=O)CCCCCCCCCCCCCCCCCCCCCCCCCCCCCCCCCCCCC)COP(=O)([O-])OCC[N+](C)(C)C. The van der Waals surface area contributed by atoms with Crippen molar-refractivity contribution in [2.45, 2.75) is 444 Å². The number of quaternary nitrogens is 1. The summed E-state index contributed by atoms with van der Waals surface area (Å²) in [5.74, 6) is -0.807. The van der Waals surface area contributed by atoms with Gasteiger partial charge in [-0.3, -0.25) is 14.2 Å². The number of unbranched alkanes of at least 4 members (excludes halogenated alkanes) is 56. The highest BCUT2D eigenvalue weighted by Crippen LogP contribution is 2.38. The predicted molar refractivity (Wildman–Crippen MR) is 434 cm³/mol. The van der Waals surface area contributed by atoms with Gasteiger partial charge in [-0.25, -0.2) is 0 Å². The number of hydrogen-bond acceptors (Lipinski definition) is 8. The van der Waals surface area contributed by atoms with Crippen molar-refractivity contribution >= 4 is 19.8 Å². The fourth-order valence-corrected chi connectivity index (χ4v) is 13.9. The maximum Gasteiger partial charge on any atom is 0.306 e. The fraction of sp³-hybridized carbons (Fsp3) is 0.844. The maximum atomic E-state index is 12.9. The summed E-state index contributed by atoms with van der Waals surface area (Å²) >= 11 is 0. The highest BCUT2D eigenvalue weighted by atomic mass is 31.2. The number of ether oxygens (including phenoxy) is 2. The molecule has 0 aromatic heterocycles. The quantitative estimate of drug-likeness (QED) is 0.0195.